The van der Waals surface area contributed by atoms with Crippen molar-refractivity contribution < 1.29 is 0 Å². The first-order valence-electron chi connectivity index (χ1n) is 5.31. The van der Waals surface area contributed by atoms with Gasteiger partial charge in [-0.2, -0.15) is 0 Å². The zero-order chi connectivity index (χ0) is 9.19. The van der Waals surface area contributed by atoms with E-state index in [9.17, 15) is 0 Å². The molecule has 0 aromatic rings. The van der Waals surface area contributed by atoms with Crippen molar-refractivity contribution in [1.29, 1.82) is 0 Å². The van der Waals surface area contributed by atoms with Crippen LogP contribution in [0.15, 0.2) is 0 Å². The third-order valence-corrected chi connectivity index (χ3v) is 3.50. The molecule has 0 aromatic heterocycles. The Morgan fingerprint density at radius 1 is 1.33 bits per heavy atom. The summed E-state index contributed by atoms with van der Waals surface area (Å²) in [7, 11) is 2.37. The third kappa shape index (κ3) is 2.26. The van der Waals surface area contributed by atoms with Gasteiger partial charge in [-0.3, -0.25) is 4.90 Å². The molecule has 0 aromatic carbocycles. The van der Waals surface area contributed by atoms with Crippen molar-refractivity contribution in [3.8, 4) is 0 Å². The van der Waals surface area contributed by atoms with Crippen LogP contribution < -0.4 is 0 Å². The first-order valence-corrected chi connectivity index (χ1v) is 5.31. The van der Waals surface area contributed by atoms with Crippen molar-refractivity contribution in [2.24, 2.45) is 0 Å². The average Bonchev–Trinajstić information content (AvgIpc) is 2.05. The number of piperidine rings is 1. The fraction of sp³-hybridized carbons (Fsp3) is 1.00. The van der Waals surface area contributed by atoms with Crippen molar-refractivity contribution in [2.45, 2.75) is 51.4 Å². The predicted octanol–water partition coefficient (Wildman–Crippen LogP) is 1.69. The molecule has 1 aliphatic rings. The molecule has 0 radical (unpaired) electrons. The van der Waals surface area contributed by atoms with Gasteiger partial charge in [-0.1, -0.05) is 12.7 Å². The molecule has 1 saturated heterocycles. The number of nitrogens with zero attached hydrogens (tertiary/aromatic N) is 1. The summed E-state index contributed by atoms with van der Waals surface area (Å²) in [6.45, 7) is 9.63. The highest BCUT2D eigenvalue weighted by Gasteiger charge is 2.27. The van der Waals surface area contributed by atoms with Crippen molar-refractivity contribution in [3.05, 3.63) is 0 Å². The molecule has 0 amide bonds. The summed E-state index contributed by atoms with van der Waals surface area (Å²) in [4.78, 5) is 2.65. The van der Waals surface area contributed by atoms with Crippen LogP contribution in [0.25, 0.3) is 0 Å². The molecule has 1 rings (SSSR count). The van der Waals surface area contributed by atoms with Gasteiger partial charge in [0.2, 0.25) is 0 Å². The second-order valence-electron chi connectivity index (χ2n) is 4.84. The Labute approximate surface area is 77.9 Å². The summed E-state index contributed by atoms with van der Waals surface area (Å²) < 4.78 is 0. The topological polar surface area (TPSA) is 3.24 Å². The maximum absolute atomic E-state index is 2.65. The van der Waals surface area contributed by atoms with Gasteiger partial charge < -0.3 is 0 Å². The lowest BCUT2D eigenvalue weighted by molar-refractivity contribution is 0.0926. The number of hydrogen-bond acceptors (Lipinski definition) is 1. The van der Waals surface area contributed by atoms with Gasteiger partial charge in [0.15, 0.2) is 0 Å². The van der Waals surface area contributed by atoms with Crippen LogP contribution in [-0.2, 0) is 0 Å². The summed E-state index contributed by atoms with van der Waals surface area (Å²) >= 11 is 0. The largest absolute Gasteiger partial charge is 0.298 e. The number of hydrogen-bond donors (Lipinski definition) is 0. The molecule has 0 unspecified atom stereocenters. The second-order valence-corrected chi connectivity index (χ2v) is 4.84. The molecule has 0 spiro atoms. The molecule has 1 nitrogen and oxygen atoms in total. The normalized spacial score (nSPS) is 22.9. The van der Waals surface area contributed by atoms with Crippen LogP contribution in [0.5, 0.6) is 0 Å². The highest BCUT2D eigenvalue weighted by Crippen LogP contribution is 2.26. The van der Waals surface area contributed by atoms with E-state index >= 15 is 0 Å². The van der Waals surface area contributed by atoms with E-state index in [1.54, 1.807) is 0 Å². The molecule has 70 valence electrons. The van der Waals surface area contributed by atoms with Gasteiger partial charge >= 0.3 is 0 Å². The molecule has 0 aliphatic carbocycles. The van der Waals surface area contributed by atoms with Crippen molar-refractivity contribution in [3.63, 3.8) is 0 Å². The Morgan fingerprint density at radius 3 is 2.25 bits per heavy atom. The fourth-order valence-electron chi connectivity index (χ4n) is 1.84. The molecular weight excluding hydrogens is 145 g/mol. The van der Waals surface area contributed by atoms with Crippen LogP contribution in [0.1, 0.15) is 40.0 Å². The molecule has 0 bridgehead atoms. The van der Waals surface area contributed by atoms with Crippen LogP contribution in [0, 0.1) is 0 Å². The summed E-state index contributed by atoms with van der Waals surface area (Å²) in [5.74, 6) is 0.953. The van der Waals surface area contributed by atoms with E-state index < -0.39 is 0 Å². The quantitative estimate of drug-likeness (QED) is 0.565. The lowest BCUT2D eigenvalue weighted by Crippen LogP contribution is -2.47. The van der Waals surface area contributed by atoms with E-state index in [2.05, 4.69) is 33.5 Å². The van der Waals surface area contributed by atoms with Gasteiger partial charge in [-0.05, 0) is 46.2 Å². The minimum atomic E-state index is 0.431. The van der Waals surface area contributed by atoms with E-state index in [4.69, 9.17) is 0 Å². The molecule has 1 heterocycles. The minimum Gasteiger partial charge on any atom is -0.298 e. The molecule has 0 N–H and O–H groups in total. The lowest BCUT2D eigenvalue weighted by atomic mass is 9.78. The number of likely N-dealkylation sites (tertiary alicyclic amines) is 1. The van der Waals surface area contributed by atoms with Gasteiger partial charge in [0.1, 0.15) is 7.85 Å². The summed E-state index contributed by atoms with van der Waals surface area (Å²) in [6.07, 6.45) is 4.05. The predicted molar refractivity (Wildman–Crippen MR) is 57.5 cm³/mol. The molecule has 1 fully saturated rings. The summed E-state index contributed by atoms with van der Waals surface area (Å²) in [5, 5.41) is 0. The van der Waals surface area contributed by atoms with Gasteiger partial charge in [-0.15, -0.1) is 0 Å². The van der Waals surface area contributed by atoms with E-state index in [1.807, 2.05) is 0 Å². The van der Waals surface area contributed by atoms with Gasteiger partial charge in [0.25, 0.3) is 0 Å². The molecule has 1 aliphatic heterocycles. The van der Waals surface area contributed by atoms with Crippen molar-refractivity contribution >= 4 is 7.85 Å². The average molecular weight is 167 g/mol. The Hall–Kier alpha value is 0.0249. The maximum Gasteiger partial charge on any atom is 0.105 e. The van der Waals surface area contributed by atoms with Crippen LogP contribution in [0.4, 0.5) is 0 Å². The molecule has 12 heavy (non-hydrogen) atoms. The van der Waals surface area contributed by atoms with E-state index in [0.29, 0.717) is 5.54 Å². The highest BCUT2D eigenvalue weighted by molar-refractivity contribution is 6.11. The first-order chi connectivity index (χ1) is 5.56. The van der Waals surface area contributed by atoms with E-state index in [1.165, 1.54) is 32.4 Å². The smallest absolute Gasteiger partial charge is 0.105 e. The summed E-state index contributed by atoms with van der Waals surface area (Å²) in [5.41, 5.74) is 0.431. The molecule has 0 saturated carbocycles. The maximum atomic E-state index is 2.65. The zero-order valence-electron chi connectivity index (χ0n) is 9.06. The zero-order valence-corrected chi connectivity index (χ0v) is 9.06. The minimum absolute atomic E-state index is 0.431. The second kappa shape index (κ2) is 3.82. The van der Waals surface area contributed by atoms with Crippen LogP contribution in [0.3, 0.4) is 0 Å². The fourth-order valence-corrected chi connectivity index (χ4v) is 1.84. The monoisotopic (exact) mass is 167 g/mol. The Kier molecular flexibility index (Phi) is 3.22. The summed E-state index contributed by atoms with van der Waals surface area (Å²) in [6, 6.07) is 0. The molecule has 0 atom stereocenters. The van der Waals surface area contributed by atoms with Crippen LogP contribution in [0.2, 0.25) is 5.82 Å². The van der Waals surface area contributed by atoms with Crippen LogP contribution in [-0.4, -0.2) is 31.4 Å². The van der Waals surface area contributed by atoms with Gasteiger partial charge in [-0.25, -0.2) is 0 Å². The lowest BCUT2D eigenvalue weighted by Gasteiger charge is -2.42. The van der Waals surface area contributed by atoms with E-state index in [0.717, 1.165) is 5.82 Å². The molecular formula is C10H22BN. The van der Waals surface area contributed by atoms with Crippen molar-refractivity contribution in [1.82, 2.24) is 4.90 Å². The third-order valence-electron chi connectivity index (χ3n) is 3.50. The van der Waals surface area contributed by atoms with Crippen LogP contribution >= 0.6 is 0 Å². The Bertz CT molecular complexity index is 137. The molecule has 2 heteroatoms. The van der Waals surface area contributed by atoms with E-state index in [-0.39, 0.29) is 0 Å². The standard InChI is InChI=1S/C10H22BN/c1-4-10(2,3)12-7-5-9(11)6-8-12/h9H,4-8,11H2,1-3H3. The Morgan fingerprint density at radius 2 is 1.83 bits per heavy atom. The van der Waals surface area contributed by atoms with Crippen molar-refractivity contribution in [2.75, 3.05) is 13.1 Å². The first kappa shape index (κ1) is 10.1. The Balaban J connectivity index is 2.44. The SMILES string of the molecule is BC1CCN(C(C)(C)CC)CC1. The number of rotatable bonds is 2. The van der Waals surface area contributed by atoms with Gasteiger partial charge in [0.05, 0.1) is 0 Å². The highest BCUT2D eigenvalue weighted by atomic mass is 15.2. The van der Waals surface area contributed by atoms with Gasteiger partial charge in [0, 0.05) is 5.54 Å².